The van der Waals surface area contributed by atoms with Gasteiger partial charge in [0.05, 0.1) is 13.2 Å². The lowest BCUT2D eigenvalue weighted by Crippen LogP contribution is -2.25. The molecular formula is C14H17ClN2O3. The molecule has 1 aromatic carbocycles. The number of rotatable bonds is 7. The first-order valence-electron chi connectivity index (χ1n) is 6.46. The van der Waals surface area contributed by atoms with E-state index in [1.807, 2.05) is 6.07 Å². The van der Waals surface area contributed by atoms with E-state index in [4.69, 9.17) is 21.4 Å². The highest BCUT2D eigenvalue weighted by Crippen LogP contribution is 2.19. The second-order valence-corrected chi connectivity index (χ2v) is 4.80. The Morgan fingerprint density at radius 1 is 1.35 bits per heavy atom. The molecule has 1 amide bonds. The standard InChI is InChI=1S/C14H17ClN2O3/c15-11-3-2-10-8-13(17-12(10)9-11)14(19)16-4-1-6-20-7-5-18/h2-3,8-9,17-18H,1,4-7H2,(H,16,19). The van der Waals surface area contributed by atoms with Crippen molar-refractivity contribution in [1.82, 2.24) is 10.3 Å². The van der Waals surface area contributed by atoms with Crippen LogP contribution in [-0.2, 0) is 4.74 Å². The van der Waals surface area contributed by atoms with Crippen molar-refractivity contribution in [3.8, 4) is 0 Å². The number of ether oxygens (including phenoxy) is 1. The smallest absolute Gasteiger partial charge is 0.267 e. The molecule has 0 aliphatic carbocycles. The lowest BCUT2D eigenvalue weighted by atomic mass is 10.2. The summed E-state index contributed by atoms with van der Waals surface area (Å²) in [4.78, 5) is 15.0. The van der Waals surface area contributed by atoms with Gasteiger partial charge in [-0.05, 0) is 24.6 Å². The predicted molar refractivity (Wildman–Crippen MR) is 78.2 cm³/mol. The first-order chi connectivity index (χ1) is 9.70. The Hall–Kier alpha value is -1.56. The number of aliphatic hydroxyl groups is 1. The molecular weight excluding hydrogens is 280 g/mol. The molecule has 1 aromatic heterocycles. The maximum atomic E-state index is 11.9. The molecule has 0 saturated carbocycles. The Bertz CT molecular complexity index is 583. The van der Waals surface area contributed by atoms with E-state index in [1.165, 1.54) is 0 Å². The number of aromatic nitrogens is 1. The molecule has 5 nitrogen and oxygen atoms in total. The zero-order chi connectivity index (χ0) is 14.4. The topological polar surface area (TPSA) is 74.3 Å². The van der Waals surface area contributed by atoms with Crippen molar-refractivity contribution in [2.75, 3.05) is 26.4 Å². The molecule has 0 spiro atoms. The fraction of sp³-hybridized carbons (Fsp3) is 0.357. The molecule has 0 fully saturated rings. The minimum atomic E-state index is -0.153. The SMILES string of the molecule is O=C(NCCCOCCO)c1cc2ccc(Cl)cc2[nH]1. The van der Waals surface area contributed by atoms with Gasteiger partial charge in [0.2, 0.25) is 0 Å². The molecule has 2 aromatic rings. The van der Waals surface area contributed by atoms with E-state index in [0.717, 1.165) is 10.9 Å². The Labute approximate surface area is 121 Å². The minimum Gasteiger partial charge on any atom is -0.394 e. The van der Waals surface area contributed by atoms with Crippen LogP contribution >= 0.6 is 11.6 Å². The number of amides is 1. The third kappa shape index (κ3) is 3.96. The van der Waals surface area contributed by atoms with Gasteiger partial charge < -0.3 is 20.1 Å². The van der Waals surface area contributed by atoms with Crippen LogP contribution in [0.3, 0.4) is 0 Å². The lowest BCUT2D eigenvalue weighted by molar-refractivity contribution is 0.0866. The van der Waals surface area contributed by atoms with Gasteiger partial charge in [-0.3, -0.25) is 4.79 Å². The van der Waals surface area contributed by atoms with Gasteiger partial charge in [-0.25, -0.2) is 0 Å². The highest BCUT2D eigenvalue weighted by molar-refractivity contribution is 6.31. The number of hydrogen-bond acceptors (Lipinski definition) is 3. The van der Waals surface area contributed by atoms with Gasteiger partial charge in [0, 0.05) is 29.1 Å². The fourth-order valence-electron chi connectivity index (χ4n) is 1.86. The largest absolute Gasteiger partial charge is 0.394 e. The van der Waals surface area contributed by atoms with E-state index in [9.17, 15) is 4.79 Å². The van der Waals surface area contributed by atoms with E-state index >= 15 is 0 Å². The highest BCUT2D eigenvalue weighted by atomic mass is 35.5. The lowest BCUT2D eigenvalue weighted by Gasteiger charge is -2.04. The van der Waals surface area contributed by atoms with Gasteiger partial charge in [0.25, 0.3) is 5.91 Å². The summed E-state index contributed by atoms with van der Waals surface area (Å²) >= 11 is 5.90. The summed E-state index contributed by atoms with van der Waals surface area (Å²) in [5.74, 6) is -0.153. The number of fused-ring (bicyclic) bond motifs is 1. The molecule has 0 unspecified atom stereocenters. The van der Waals surface area contributed by atoms with Crippen molar-refractivity contribution in [2.24, 2.45) is 0 Å². The second kappa shape index (κ2) is 7.28. The molecule has 108 valence electrons. The maximum Gasteiger partial charge on any atom is 0.267 e. The zero-order valence-corrected chi connectivity index (χ0v) is 11.7. The number of nitrogens with one attached hydrogen (secondary N) is 2. The van der Waals surface area contributed by atoms with Gasteiger partial charge in [0.1, 0.15) is 5.69 Å². The van der Waals surface area contributed by atoms with Gasteiger partial charge >= 0.3 is 0 Å². The Morgan fingerprint density at radius 3 is 3.00 bits per heavy atom. The van der Waals surface area contributed by atoms with E-state index < -0.39 is 0 Å². The summed E-state index contributed by atoms with van der Waals surface area (Å²) in [5, 5.41) is 12.9. The number of aliphatic hydroxyl groups excluding tert-OH is 1. The van der Waals surface area contributed by atoms with Gasteiger partial charge in [-0.1, -0.05) is 17.7 Å². The van der Waals surface area contributed by atoms with Crippen molar-refractivity contribution < 1.29 is 14.6 Å². The normalized spacial score (nSPS) is 10.9. The van der Waals surface area contributed by atoms with Crippen molar-refractivity contribution in [3.05, 3.63) is 35.0 Å². The predicted octanol–water partition coefficient (Wildman–Crippen LogP) is 1.95. The third-order valence-corrected chi connectivity index (χ3v) is 3.05. The number of H-pyrrole nitrogens is 1. The van der Waals surface area contributed by atoms with Crippen LogP contribution in [0, 0.1) is 0 Å². The summed E-state index contributed by atoms with van der Waals surface area (Å²) in [7, 11) is 0. The summed E-state index contributed by atoms with van der Waals surface area (Å²) in [6.45, 7) is 1.39. The molecule has 3 N–H and O–H groups in total. The van der Waals surface area contributed by atoms with Gasteiger partial charge in [0.15, 0.2) is 0 Å². The first-order valence-corrected chi connectivity index (χ1v) is 6.83. The number of carbonyl (C=O) groups is 1. The number of halogens is 1. The Balaban J connectivity index is 1.85. The number of benzene rings is 1. The van der Waals surface area contributed by atoms with Crippen molar-refractivity contribution in [1.29, 1.82) is 0 Å². The van der Waals surface area contributed by atoms with Crippen LogP contribution in [0.25, 0.3) is 10.9 Å². The maximum absolute atomic E-state index is 11.9. The quantitative estimate of drug-likeness (QED) is 0.684. The third-order valence-electron chi connectivity index (χ3n) is 2.82. The van der Waals surface area contributed by atoms with Crippen molar-refractivity contribution in [2.45, 2.75) is 6.42 Å². The Morgan fingerprint density at radius 2 is 2.20 bits per heavy atom. The molecule has 2 rings (SSSR count). The van der Waals surface area contributed by atoms with Crippen molar-refractivity contribution >= 4 is 28.4 Å². The molecule has 20 heavy (non-hydrogen) atoms. The first kappa shape index (κ1) is 14.8. The van der Waals surface area contributed by atoms with Gasteiger partial charge in [-0.2, -0.15) is 0 Å². The van der Waals surface area contributed by atoms with E-state index in [1.54, 1.807) is 18.2 Å². The zero-order valence-electron chi connectivity index (χ0n) is 11.0. The molecule has 1 heterocycles. The second-order valence-electron chi connectivity index (χ2n) is 4.36. The number of carbonyl (C=O) groups excluding carboxylic acids is 1. The Kier molecular flexibility index (Phi) is 5.40. The van der Waals surface area contributed by atoms with Crippen LogP contribution in [0.4, 0.5) is 0 Å². The summed E-state index contributed by atoms with van der Waals surface area (Å²) in [5.41, 5.74) is 1.35. The molecule has 0 atom stereocenters. The summed E-state index contributed by atoms with van der Waals surface area (Å²) in [6.07, 6.45) is 0.706. The number of aromatic amines is 1. The number of hydrogen-bond donors (Lipinski definition) is 3. The molecule has 0 aliphatic rings. The van der Waals surface area contributed by atoms with E-state index in [-0.39, 0.29) is 12.5 Å². The van der Waals surface area contributed by atoms with Crippen LogP contribution < -0.4 is 5.32 Å². The fourth-order valence-corrected chi connectivity index (χ4v) is 2.03. The average molecular weight is 297 g/mol. The molecule has 0 saturated heterocycles. The van der Waals surface area contributed by atoms with Crippen molar-refractivity contribution in [3.63, 3.8) is 0 Å². The van der Waals surface area contributed by atoms with Crippen LogP contribution in [0.1, 0.15) is 16.9 Å². The molecule has 6 heteroatoms. The molecule has 0 aliphatic heterocycles. The summed E-state index contributed by atoms with van der Waals surface area (Å²) in [6, 6.07) is 7.24. The minimum absolute atomic E-state index is 0.0178. The van der Waals surface area contributed by atoms with Crippen LogP contribution in [0.5, 0.6) is 0 Å². The summed E-state index contributed by atoms with van der Waals surface area (Å²) < 4.78 is 5.11. The highest BCUT2D eigenvalue weighted by Gasteiger charge is 2.08. The monoisotopic (exact) mass is 296 g/mol. The van der Waals surface area contributed by atoms with Crippen LogP contribution in [-0.4, -0.2) is 42.4 Å². The molecule has 0 radical (unpaired) electrons. The average Bonchev–Trinajstić information content (AvgIpc) is 2.85. The van der Waals surface area contributed by atoms with Gasteiger partial charge in [-0.15, -0.1) is 0 Å². The van der Waals surface area contributed by atoms with E-state index in [0.29, 0.717) is 36.9 Å². The van der Waals surface area contributed by atoms with Crippen LogP contribution in [0.15, 0.2) is 24.3 Å². The van der Waals surface area contributed by atoms with Crippen LogP contribution in [0.2, 0.25) is 5.02 Å². The molecule has 0 bridgehead atoms. The van der Waals surface area contributed by atoms with E-state index in [2.05, 4.69) is 10.3 Å².